The summed E-state index contributed by atoms with van der Waals surface area (Å²) in [7, 11) is 0. The van der Waals surface area contributed by atoms with E-state index in [0.717, 1.165) is 16.8 Å². The minimum atomic E-state index is -0.961. The first kappa shape index (κ1) is 25.6. The number of nitrogens with one attached hydrogen (secondary N) is 1. The van der Waals surface area contributed by atoms with Gasteiger partial charge in [-0.15, -0.1) is 0 Å². The lowest BCUT2D eigenvalue weighted by Gasteiger charge is -2.44. The van der Waals surface area contributed by atoms with Crippen LogP contribution in [0.25, 0.3) is 0 Å². The Morgan fingerprint density at radius 2 is 1.58 bits per heavy atom. The summed E-state index contributed by atoms with van der Waals surface area (Å²) in [6, 6.07) is 19.6. The van der Waals surface area contributed by atoms with Crippen LogP contribution in [0.3, 0.4) is 0 Å². The van der Waals surface area contributed by atoms with E-state index >= 15 is 0 Å². The molecule has 8 nitrogen and oxygen atoms in total. The maximum Gasteiger partial charge on any atom is 0.256 e. The molecule has 0 aliphatic carbocycles. The number of amides is 3. The van der Waals surface area contributed by atoms with Crippen LogP contribution in [0, 0.1) is 13.8 Å². The minimum Gasteiger partial charge on any atom is -0.353 e. The number of aromatic nitrogens is 1. The third-order valence-corrected chi connectivity index (χ3v) is 7.31. The summed E-state index contributed by atoms with van der Waals surface area (Å²) in [4.78, 5) is 48.1. The molecule has 3 amide bonds. The molecular formula is C30H32N4O4. The van der Waals surface area contributed by atoms with E-state index in [2.05, 4.69) is 10.3 Å². The molecule has 2 aromatic carbocycles. The van der Waals surface area contributed by atoms with E-state index in [1.807, 2.05) is 74.5 Å². The van der Waals surface area contributed by atoms with E-state index in [4.69, 9.17) is 4.74 Å². The summed E-state index contributed by atoms with van der Waals surface area (Å²) in [5, 5.41) is 2.92. The van der Waals surface area contributed by atoms with Gasteiger partial charge in [-0.2, -0.15) is 0 Å². The van der Waals surface area contributed by atoms with Crippen LogP contribution >= 0.6 is 0 Å². The Morgan fingerprint density at radius 3 is 2.18 bits per heavy atom. The van der Waals surface area contributed by atoms with Crippen LogP contribution < -0.4 is 5.32 Å². The second-order valence-electron chi connectivity index (χ2n) is 10.0. The van der Waals surface area contributed by atoms with Crippen LogP contribution in [0.4, 0.5) is 0 Å². The molecule has 2 aliphatic heterocycles. The molecule has 0 bridgehead atoms. The molecule has 1 spiro atoms. The van der Waals surface area contributed by atoms with Gasteiger partial charge in [-0.25, -0.2) is 0 Å². The number of nitrogens with zero attached hydrogens (tertiary/aromatic N) is 3. The number of carbonyl (C=O) groups excluding carboxylic acids is 3. The third-order valence-electron chi connectivity index (χ3n) is 7.31. The van der Waals surface area contributed by atoms with Crippen molar-refractivity contribution in [2.24, 2.45) is 0 Å². The maximum absolute atomic E-state index is 13.9. The lowest BCUT2D eigenvalue weighted by Crippen LogP contribution is -2.59. The minimum absolute atomic E-state index is 0.0391. The molecule has 3 aromatic rings. The van der Waals surface area contributed by atoms with Gasteiger partial charge in [0.15, 0.2) is 0 Å². The molecule has 2 fully saturated rings. The summed E-state index contributed by atoms with van der Waals surface area (Å²) in [5.41, 5.74) is 2.91. The van der Waals surface area contributed by atoms with E-state index in [1.54, 1.807) is 22.1 Å². The van der Waals surface area contributed by atoms with Crippen molar-refractivity contribution in [2.45, 2.75) is 45.0 Å². The average molecular weight is 513 g/mol. The van der Waals surface area contributed by atoms with E-state index < -0.39 is 11.8 Å². The number of hydrogen-bond donors (Lipinski definition) is 1. The van der Waals surface area contributed by atoms with Crippen molar-refractivity contribution in [1.82, 2.24) is 20.1 Å². The SMILES string of the molecule is Cc1cccc(C(=O)N2CCC3(CC2)OC[C@@H](C(=O)NCc2ccccn2)N3C(=O)c2cccc(C)c2)c1. The molecule has 1 atom stereocenters. The number of hydrogen-bond acceptors (Lipinski definition) is 5. The number of piperidine rings is 1. The van der Waals surface area contributed by atoms with Gasteiger partial charge in [-0.3, -0.25) is 24.3 Å². The second-order valence-corrected chi connectivity index (χ2v) is 10.0. The molecule has 0 radical (unpaired) electrons. The predicted molar refractivity (Wildman–Crippen MR) is 142 cm³/mol. The summed E-state index contributed by atoms with van der Waals surface area (Å²) in [6.07, 6.45) is 2.52. The monoisotopic (exact) mass is 512 g/mol. The standard InChI is InChI=1S/C30H32N4O4/c1-21-7-5-9-23(17-21)28(36)33-15-12-30(13-16-33)34(29(37)24-10-6-8-22(2)18-24)26(20-38-30)27(35)32-19-25-11-3-4-14-31-25/h3-11,14,17-18,26H,12-13,15-16,19-20H2,1-2H3,(H,32,35)/t26-/m0/s1. The molecule has 8 heteroatoms. The Morgan fingerprint density at radius 1 is 0.921 bits per heavy atom. The number of pyridine rings is 1. The molecule has 5 rings (SSSR count). The van der Waals surface area contributed by atoms with Gasteiger partial charge in [0.05, 0.1) is 18.8 Å². The van der Waals surface area contributed by atoms with Crippen molar-refractivity contribution in [2.75, 3.05) is 19.7 Å². The maximum atomic E-state index is 13.9. The fourth-order valence-electron chi connectivity index (χ4n) is 5.30. The molecule has 1 N–H and O–H groups in total. The topological polar surface area (TPSA) is 91.8 Å². The zero-order valence-corrected chi connectivity index (χ0v) is 21.7. The molecule has 0 unspecified atom stereocenters. The van der Waals surface area contributed by atoms with Gasteiger partial charge in [0.25, 0.3) is 11.8 Å². The normalized spacial score (nSPS) is 18.4. The first-order valence-corrected chi connectivity index (χ1v) is 12.9. The predicted octanol–water partition coefficient (Wildman–Crippen LogP) is 3.49. The van der Waals surface area contributed by atoms with Crippen LogP contribution in [0.2, 0.25) is 0 Å². The number of benzene rings is 2. The van der Waals surface area contributed by atoms with E-state index in [0.29, 0.717) is 37.1 Å². The number of likely N-dealkylation sites (tertiary alicyclic amines) is 1. The molecule has 3 heterocycles. The number of aryl methyl sites for hydroxylation is 2. The third kappa shape index (κ3) is 5.17. The molecule has 2 aliphatic rings. The van der Waals surface area contributed by atoms with E-state index in [1.165, 1.54) is 0 Å². The zero-order chi connectivity index (χ0) is 26.7. The largest absolute Gasteiger partial charge is 0.353 e. The van der Waals surface area contributed by atoms with Crippen molar-refractivity contribution in [3.63, 3.8) is 0 Å². The number of carbonyl (C=O) groups is 3. The lowest BCUT2D eigenvalue weighted by molar-refractivity contribution is -0.128. The Hall–Kier alpha value is -4.04. The highest BCUT2D eigenvalue weighted by molar-refractivity contribution is 5.99. The first-order chi connectivity index (χ1) is 18.4. The van der Waals surface area contributed by atoms with Gasteiger partial charge in [0.1, 0.15) is 11.8 Å². The van der Waals surface area contributed by atoms with Gasteiger partial charge < -0.3 is 15.0 Å². The molecule has 196 valence electrons. The Labute approximate surface area is 222 Å². The summed E-state index contributed by atoms with van der Waals surface area (Å²) < 4.78 is 6.30. The van der Waals surface area contributed by atoms with Crippen molar-refractivity contribution in [1.29, 1.82) is 0 Å². The average Bonchev–Trinajstić information content (AvgIpc) is 3.30. The second kappa shape index (κ2) is 10.8. The zero-order valence-electron chi connectivity index (χ0n) is 21.7. The summed E-state index contributed by atoms with van der Waals surface area (Å²) in [6.45, 7) is 5.09. The first-order valence-electron chi connectivity index (χ1n) is 12.9. The van der Waals surface area contributed by atoms with Crippen molar-refractivity contribution in [3.05, 3.63) is 101 Å². The quantitative estimate of drug-likeness (QED) is 0.565. The van der Waals surface area contributed by atoms with Crippen LogP contribution in [0.1, 0.15) is 50.4 Å². The highest BCUT2D eigenvalue weighted by Crippen LogP contribution is 2.39. The lowest BCUT2D eigenvalue weighted by atomic mass is 9.95. The smallest absolute Gasteiger partial charge is 0.256 e. The Kier molecular flexibility index (Phi) is 7.24. The van der Waals surface area contributed by atoms with Crippen LogP contribution in [0.5, 0.6) is 0 Å². The molecule has 1 aromatic heterocycles. The fraction of sp³-hybridized carbons (Fsp3) is 0.333. The molecule has 2 saturated heterocycles. The van der Waals surface area contributed by atoms with Crippen LogP contribution in [-0.2, 0) is 16.1 Å². The van der Waals surface area contributed by atoms with Gasteiger partial charge in [0, 0.05) is 43.3 Å². The Bertz CT molecular complexity index is 1330. The summed E-state index contributed by atoms with van der Waals surface area (Å²) in [5.74, 6) is -0.572. The highest BCUT2D eigenvalue weighted by Gasteiger charge is 2.54. The van der Waals surface area contributed by atoms with Crippen molar-refractivity contribution >= 4 is 17.7 Å². The molecule has 0 saturated carbocycles. The molecule has 38 heavy (non-hydrogen) atoms. The number of rotatable bonds is 5. The van der Waals surface area contributed by atoms with Crippen LogP contribution in [0.15, 0.2) is 72.9 Å². The van der Waals surface area contributed by atoms with Gasteiger partial charge in [-0.1, -0.05) is 41.5 Å². The van der Waals surface area contributed by atoms with Crippen molar-refractivity contribution in [3.8, 4) is 0 Å². The van der Waals surface area contributed by atoms with Gasteiger partial charge in [-0.05, 0) is 50.2 Å². The van der Waals surface area contributed by atoms with Crippen molar-refractivity contribution < 1.29 is 19.1 Å². The van der Waals surface area contributed by atoms with E-state index in [-0.39, 0.29) is 30.9 Å². The summed E-state index contributed by atoms with van der Waals surface area (Å²) >= 11 is 0. The fourth-order valence-corrected chi connectivity index (χ4v) is 5.30. The molecular weight excluding hydrogens is 480 g/mol. The van der Waals surface area contributed by atoms with Crippen LogP contribution in [-0.4, -0.2) is 64.0 Å². The number of ether oxygens (including phenoxy) is 1. The van der Waals surface area contributed by atoms with Gasteiger partial charge in [0.2, 0.25) is 5.91 Å². The highest BCUT2D eigenvalue weighted by atomic mass is 16.5. The van der Waals surface area contributed by atoms with Gasteiger partial charge >= 0.3 is 0 Å². The Balaban J connectivity index is 1.37. The van der Waals surface area contributed by atoms with E-state index in [9.17, 15) is 14.4 Å².